The first-order valence-electron chi connectivity index (χ1n) is 8.78. The van der Waals surface area contributed by atoms with E-state index in [4.69, 9.17) is 14.2 Å². The van der Waals surface area contributed by atoms with E-state index < -0.39 is 6.10 Å². The summed E-state index contributed by atoms with van der Waals surface area (Å²) < 4.78 is 18.0. The van der Waals surface area contributed by atoms with Crippen molar-refractivity contribution in [1.82, 2.24) is 15.1 Å². The predicted molar refractivity (Wildman–Crippen MR) is 99.3 cm³/mol. The maximum atomic E-state index is 10.1. The Morgan fingerprint density at radius 3 is 2.81 bits per heavy atom. The van der Waals surface area contributed by atoms with Crippen LogP contribution >= 0.6 is 0 Å². The third kappa shape index (κ3) is 4.39. The van der Waals surface area contributed by atoms with Crippen LogP contribution in [-0.4, -0.2) is 40.9 Å². The maximum Gasteiger partial charge on any atom is 0.231 e. The molecule has 0 saturated heterocycles. The molecule has 0 spiro atoms. The highest BCUT2D eigenvalue weighted by molar-refractivity contribution is 5.46. The number of benzene rings is 2. The highest BCUT2D eigenvalue weighted by atomic mass is 16.7. The van der Waals surface area contributed by atoms with Gasteiger partial charge in [0.05, 0.1) is 5.69 Å². The molecule has 0 saturated carbocycles. The van der Waals surface area contributed by atoms with E-state index in [-0.39, 0.29) is 13.4 Å². The summed E-state index contributed by atoms with van der Waals surface area (Å²) in [5.41, 5.74) is 2.15. The van der Waals surface area contributed by atoms with Gasteiger partial charge in [-0.2, -0.15) is 5.10 Å². The van der Waals surface area contributed by atoms with Gasteiger partial charge in [-0.25, -0.2) is 4.68 Å². The fraction of sp³-hybridized carbons (Fsp3) is 0.250. The second-order valence-electron chi connectivity index (χ2n) is 6.23. The average Bonchev–Trinajstić information content (AvgIpc) is 3.38. The third-order valence-electron chi connectivity index (χ3n) is 4.20. The van der Waals surface area contributed by atoms with Crippen LogP contribution in [0.15, 0.2) is 60.9 Å². The summed E-state index contributed by atoms with van der Waals surface area (Å²) in [5, 5.41) is 17.5. The van der Waals surface area contributed by atoms with Gasteiger partial charge in [0.15, 0.2) is 11.5 Å². The molecule has 0 fully saturated rings. The molecule has 1 aliphatic rings. The number of ether oxygens (including phenoxy) is 3. The Balaban J connectivity index is 1.20. The maximum absolute atomic E-state index is 10.1. The average molecular weight is 367 g/mol. The van der Waals surface area contributed by atoms with Crippen molar-refractivity contribution in [3.63, 3.8) is 0 Å². The number of hydrogen-bond donors (Lipinski definition) is 2. The van der Waals surface area contributed by atoms with Crippen LogP contribution in [0.4, 0.5) is 0 Å². The van der Waals surface area contributed by atoms with E-state index in [2.05, 4.69) is 10.4 Å². The minimum absolute atomic E-state index is 0.199. The lowest BCUT2D eigenvalue weighted by Gasteiger charge is -2.14. The standard InChI is InChI=1S/C20H21N3O4/c24-17(13-25-18-6-7-19-20(10-18)27-14-26-19)12-21-11-15-2-4-16(5-3-15)23-9-1-8-22-23/h1-10,17,21,24H,11-14H2. The fourth-order valence-corrected chi connectivity index (χ4v) is 2.79. The largest absolute Gasteiger partial charge is 0.491 e. The van der Waals surface area contributed by atoms with Crippen LogP contribution in [0.1, 0.15) is 5.56 Å². The van der Waals surface area contributed by atoms with E-state index in [9.17, 15) is 5.11 Å². The van der Waals surface area contributed by atoms with Crippen molar-refractivity contribution in [2.75, 3.05) is 19.9 Å². The molecule has 140 valence electrons. The Kier molecular flexibility index (Phi) is 5.22. The summed E-state index contributed by atoms with van der Waals surface area (Å²) in [6.07, 6.45) is 3.05. The number of aliphatic hydroxyl groups excluding tert-OH is 1. The van der Waals surface area contributed by atoms with Crippen LogP contribution < -0.4 is 19.5 Å². The summed E-state index contributed by atoms with van der Waals surface area (Å²) in [6, 6.07) is 15.4. The number of aromatic nitrogens is 2. The van der Waals surface area contributed by atoms with Crippen molar-refractivity contribution in [1.29, 1.82) is 0 Å². The quantitative estimate of drug-likeness (QED) is 0.635. The van der Waals surface area contributed by atoms with E-state index in [1.165, 1.54) is 0 Å². The molecular formula is C20H21N3O4. The second-order valence-corrected chi connectivity index (χ2v) is 6.23. The number of fused-ring (bicyclic) bond motifs is 1. The van der Waals surface area contributed by atoms with Crippen LogP contribution in [0, 0.1) is 0 Å². The number of nitrogens with one attached hydrogen (secondary N) is 1. The van der Waals surface area contributed by atoms with Crippen LogP contribution in [0.25, 0.3) is 5.69 Å². The van der Waals surface area contributed by atoms with Crippen molar-refractivity contribution in [3.8, 4) is 22.9 Å². The van der Waals surface area contributed by atoms with Crippen molar-refractivity contribution in [3.05, 3.63) is 66.5 Å². The van der Waals surface area contributed by atoms with Gasteiger partial charge in [0.2, 0.25) is 6.79 Å². The third-order valence-corrected chi connectivity index (χ3v) is 4.20. The second kappa shape index (κ2) is 8.11. The van der Waals surface area contributed by atoms with Gasteiger partial charge < -0.3 is 24.6 Å². The molecule has 2 aromatic carbocycles. The fourth-order valence-electron chi connectivity index (χ4n) is 2.79. The molecule has 27 heavy (non-hydrogen) atoms. The Morgan fingerprint density at radius 2 is 2.00 bits per heavy atom. The van der Waals surface area contributed by atoms with Gasteiger partial charge in [-0.05, 0) is 35.9 Å². The van der Waals surface area contributed by atoms with Gasteiger partial charge in [0.1, 0.15) is 18.5 Å². The van der Waals surface area contributed by atoms with Crippen molar-refractivity contribution in [2.24, 2.45) is 0 Å². The normalized spacial score (nSPS) is 13.5. The van der Waals surface area contributed by atoms with Crippen molar-refractivity contribution >= 4 is 0 Å². The number of hydrogen-bond acceptors (Lipinski definition) is 6. The van der Waals surface area contributed by atoms with Gasteiger partial charge in [-0.1, -0.05) is 12.1 Å². The van der Waals surface area contributed by atoms with E-state index in [0.29, 0.717) is 30.3 Å². The molecule has 1 atom stereocenters. The molecule has 2 N–H and O–H groups in total. The Labute approximate surface area is 157 Å². The molecule has 7 heteroatoms. The Hall–Kier alpha value is -3.03. The summed E-state index contributed by atoms with van der Waals surface area (Å²) in [6.45, 7) is 1.53. The molecule has 7 nitrogen and oxygen atoms in total. The van der Waals surface area contributed by atoms with Crippen molar-refractivity contribution in [2.45, 2.75) is 12.6 Å². The molecule has 3 aromatic rings. The zero-order valence-corrected chi connectivity index (χ0v) is 14.7. The first kappa shape index (κ1) is 17.4. The summed E-state index contributed by atoms with van der Waals surface area (Å²) in [7, 11) is 0. The van der Waals surface area contributed by atoms with Crippen molar-refractivity contribution < 1.29 is 19.3 Å². The Bertz CT molecular complexity index is 865. The lowest BCUT2D eigenvalue weighted by Crippen LogP contribution is -2.31. The Morgan fingerprint density at radius 1 is 1.15 bits per heavy atom. The van der Waals surface area contributed by atoms with E-state index >= 15 is 0 Å². The molecule has 1 aliphatic heterocycles. The van der Waals surface area contributed by atoms with Gasteiger partial charge in [-0.15, -0.1) is 0 Å². The molecule has 1 aromatic heterocycles. The topological polar surface area (TPSA) is 77.8 Å². The number of aliphatic hydroxyl groups is 1. The molecule has 0 radical (unpaired) electrons. The van der Waals surface area contributed by atoms with Gasteiger partial charge in [0.25, 0.3) is 0 Å². The molecule has 1 unspecified atom stereocenters. The van der Waals surface area contributed by atoms with Gasteiger partial charge in [0, 0.05) is 31.5 Å². The minimum Gasteiger partial charge on any atom is -0.491 e. The first-order valence-corrected chi connectivity index (χ1v) is 8.78. The van der Waals surface area contributed by atoms with Crippen LogP contribution in [0.5, 0.6) is 17.2 Å². The lowest BCUT2D eigenvalue weighted by molar-refractivity contribution is 0.106. The molecule has 0 amide bonds. The number of rotatable bonds is 8. The molecular weight excluding hydrogens is 346 g/mol. The SMILES string of the molecule is OC(CNCc1ccc(-n2cccn2)cc1)COc1ccc2c(c1)OCO2. The molecule has 0 aliphatic carbocycles. The summed E-state index contributed by atoms with van der Waals surface area (Å²) >= 11 is 0. The van der Waals surface area contributed by atoms with E-state index in [0.717, 1.165) is 11.3 Å². The smallest absolute Gasteiger partial charge is 0.231 e. The van der Waals surface area contributed by atoms with Crippen LogP contribution in [-0.2, 0) is 6.54 Å². The summed E-state index contributed by atoms with van der Waals surface area (Å²) in [4.78, 5) is 0. The number of nitrogens with zero attached hydrogens (tertiary/aromatic N) is 2. The highest BCUT2D eigenvalue weighted by Crippen LogP contribution is 2.35. The molecule has 0 bridgehead atoms. The van der Waals surface area contributed by atoms with Gasteiger partial charge in [-0.3, -0.25) is 0 Å². The summed E-state index contributed by atoms with van der Waals surface area (Å²) in [5.74, 6) is 2.02. The van der Waals surface area contributed by atoms with Crippen LogP contribution in [0.3, 0.4) is 0 Å². The van der Waals surface area contributed by atoms with Gasteiger partial charge >= 0.3 is 0 Å². The van der Waals surface area contributed by atoms with E-state index in [1.807, 2.05) is 41.2 Å². The monoisotopic (exact) mass is 367 g/mol. The first-order chi connectivity index (χ1) is 13.3. The van der Waals surface area contributed by atoms with Crippen LogP contribution in [0.2, 0.25) is 0 Å². The lowest BCUT2D eigenvalue weighted by atomic mass is 10.2. The zero-order chi connectivity index (χ0) is 18.5. The minimum atomic E-state index is -0.612. The predicted octanol–water partition coefficient (Wildman–Crippen LogP) is 2.13. The molecule has 2 heterocycles. The zero-order valence-electron chi connectivity index (χ0n) is 14.7. The molecule has 4 rings (SSSR count). The highest BCUT2D eigenvalue weighted by Gasteiger charge is 2.14. The van der Waals surface area contributed by atoms with E-state index in [1.54, 1.807) is 24.4 Å².